The van der Waals surface area contributed by atoms with Gasteiger partial charge in [-0.15, -0.1) is 0 Å². The van der Waals surface area contributed by atoms with Crippen LogP contribution in [0.25, 0.3) is 10.9 Å². The summed E-state index contributed by atoms with van der Waals surface area (Å²) in [4.78, 5) is 15.2. The van der Waals surface area contributed by atoms with Crippen molar-refractivity contribution in [3.8, 4) is 5.75 Å². The SMILES string of the molecule is O=C(Nc1ccc(O)c(F)c1)c1cccc2cc[nH]c12. The first kappa shape index (κ1) is 12.2. The average molecular weight is 270 g/mol. The number of carbonyl (C=O) groups excluding carboxylic acids is 1. The van der Waals surface area contributed by atoms with Gasteiger partial charge in [0.2, 0.25) is 0 Å². The zero-order chi connectivity index (χ0) is 14.1. The Bertz CT molecular complexity index is 795. The molecule has 0 aliphatic rings. The highest BCUT2D eigenvalue weighted by Crippen LogP contribution is 2.21. The van der Waals surface area contributed by atoms with Crippen molar-refractivity contribution in [2.75, 3.05) is 5.32 Å². The molecule has 2 aromatic carbocycles. The van der Waals surface area contributed by atoms with Gasteiger partial charge >= 0.3 is 0 Å². The normalized spacial score (nSPS) is 10.7. The monoisotopic (exact) mass is 270 g/mol. The Morgan fingerprint density at radius 1 is 1.20 bits per heavy atom. The summed E-state index contributed by atoms with van der Waals surface area (Å²) in [7, 11) is 0. The lowest BCUT2D eigenvalue weighted by atomic mass is 10.1. The molecule has 0 aliphatic heterocycles. The maximum absolute atomic E-state index is 13.2. The molecule has 3 aromatic rings. The number of phenols is 1. The smallest absolute Gasteiger partial charge is 0.257 e. The van der Waals surface area contributed by atoms with Crippen LogP contribution < -0.4 is 5.32 Å². The van der Waals surface area contributed by atoms with Crippen molar-refractivity contribution in [2.45, 2.75) is 0 Å². The predicted molar refractivity (Wildman–Crippen MR) is 74.3 cm³/mol. The average Bonchev–Trinajstić information content (AvgIpc) is 2.91. The van der Waals surface area contributed by atoms with Gasteiger partial charge < -0.3 is 15.4 Å². The maximum atomic E-state index is 13.2. The molecule has 0 spiro atoms. The fraction of sp³-hybridized carbons (Fsp3) is 0. The van der Waals surface area contributed by atoms with Crippen molar-refractivity contribution < 1.29 is 14.3 Å². The lowest BCUT2D eigenvalue weighted by molar-refractivity contribution is 0.102. The van der Waals surface area contributed by atoms with Crippen LogP contribution in [0.4, 0.5) is 10.1 Å². The number of anilines is 1. The lowest BCUT2D eigenvalue weighted by Crippen LogP contribution is -2.12. The summed E-state index contributed by atoms with van der Waals surface area (Å²) in [6.07, 6.45) is 1.75. The van der Waals surface area contributed by atoms with E-state index in [9.17, 15) is 9.18 Å². The van der Waals surface area contributed by atoms with Gasteiger partial charge in [0.15, 0.2) is 11.6 Å². The number of hydrogen-bond acceptors (Lipinski definition) is 2. The highest BCUT2D eigenvalue weighted by Gasteiger charge is 2.11. The van der Waals surface area contributed by atoms with E-state index in [1.807, 2.05) is 12.1 Å². The van der Waals surface area contributed by atoms with E-state index in [4.69, 9.17) is 5.11 Å². The van der Waals surface area contributed by atoms with E-state index in [1.165, 1.54) is 12.1 Å². The molecule has 4 nitrogen and oxygen atoms in total. The van der Waals surface area contributed by atoms with Gasteiger partial charge in [-0.2, -0.15) is 0 Å². The number of amides is 1. The minimum atomic E-state index is -0.777. The molecule has 1 amide bonds. The first-order valence-electron chi connectivity index (χ1n) is 6.01. The van der Waals surface area contributed by atoms with Crippen LogP contribution in [0.15, 0.2) is 48.7 Å². The molecular weight excluding hydrogens is 259 g/mol. The highest BCUT2D eigenvalue weighted by molar-refractivity contribution is 6.11. The van der Waals surface area contributed by atoms with Gasteiger partial charge in [-0.3, -0.25) is 4.79 Å². The zero-order valence-electron chi connectivity index (χ0n) is 10.4. The third-order valence-corrected chi connectivity index (χ3v) is 3.04. The first-order valence-corrected chi connectivity index (χ1v) is 6.01. The number of fused-ring (bicyclic) bond motifs is 1. The van der Waals surface area contributed by atoms with Gasteiger partial charge in [0, 0.05) is 23.3 Å². The topological polar surface area (TPSA) is 65.1 Å². The predicted octanol–water partition coefficient (Wildman–Crippen LogP) is 3.26. The Morgan fingerprint density at radius 2 is 2.05 bits per heavy atom. The van der Waals surface area contributed by atoms with Gasteiger partial charge in [0.1, 0.15) is 0 Å². The summed E-state index contributed by atoms with van der Waals surface area (Å²) >= 11 is 0. The van der Waals surface area contributed by atoms with Gasteiger partial charge in [0.05, 0.1) is 11.1 Å². The fourth-order valence-electron chi connectivity index (χ4n) is 2.06. The molecule has 0 saturated carbocycles. The Morgan fingerprint density at radius 3 is 2.85 bits per heavy atom. The third-order valence-electron chi connectivity index (χ3n) is 3.04. The quantitative estimate of drug-likeness (QED) is 0.626. The Labute approximate surface area is 113 Å². The van der Waals surface area contributed by atoms with Crippen molar-refractivity contribution in [1.82, 2.24) is 4.98 Å². The number of carbonyl (C=O) groups is 1. The van der Waals surface area contributed by atoms with Gasteiger partial charge in [-0.25, -0.2) is 4.39 Å². The van der Waals surface area contributed by atoms with Gasteiger partial charge in [-0.05, 0) is 24.3 Å². The van der Waals surface area contributed by atoms with Crippen LogP contribution in [0.5, 0.6) is 5.75 Å². The Balaban J connectivity index is 1.93. The standard InChI is InChI=1S/C15H11FN2O2/c16-12-8-10(4-5-13(12)19)18-15(20)11-3-1-2-9-6-7-17-14(9)11/h1-8,17,19H,(H,18,20). The van der Waals surface area contributed by atoms with E-state index in [-0.39, 0.29) is 11.6 Å². The Kier molecular flexibility index (Phi) is 2.87. The van der Waals surface area contributed by atoms with Crippen molar-refractivity contribution in [3.63, 3.8) is 0 Å². The number of hydrogen-bond donors (Lipinski definition) is 3. The molecule has 3 N–H and O–H groups in total. The number of nitrogens with one attached hydrogen (secondary N) is 2. The van der Waals surface area contributed by atoms with E-state index in [2.05, 4.69) is 10.3 Å². The number of aromatic hydroxyl groups is 1. The summed E-state index contributed by atoms with van der Waals surface area (Å²) in [5.41, 5.74) is 1.49. The number of halogens is 1. The van der Waals surface area contributed by atoms with E-state index in [0.29, 0.717) is 5.56 Å². The van der Waals surface area contributed by atoms with Crippen molar-refractivity contribution >= 4 is 22.5 Å². The molecule has 0 fully saturated rings. The van der Waals surface area contributed by atoms with Crippen LogP contribution in [0.2, 0.25) is 0 Å². The maximum Gasteiger partial charge on any atom is 0.257 e. The van der Waals surface area contributed by atoms with Crippen LogP contribution in [-0.2, 0) is 0 Å². The van der Waals surface area contributed by atoms with Gasteiger partial charge in [0.25, 0.3) is 5.91 Å². The van der Waals surface area contributed by atoms with E-state index in [0.717, 1.165) is 17.0 Å². The largest absolute Gasteiger partial charge is 0.505 e. The second-order valence-electron chi connectivity index (χ2n) is 4.37. The second kappa shape index (κ2) is 4.70. The lowest BCUT2D eigenvalue weighted by Gasteiger charge is -2.07. The van der Waals surface area contributed by atoms with E-state index < -0.39 is 11.6 Å². The molecule has 0 radical (unpaired) electrons. The van der Waals surface area contributed by atoms with Crippen LogP contribution in [-0.4, -0.2) is 16.0 Å². The van der Waals surface area contributed by atoms with Crippen LogP contribution >= 0.6 is 0 Å². The molecule has 0 aliphatic carbocycles. The van der Waals surface area contributed by atoms with Crippen molar-refractivity contribution in [3.05, 3.63) is 60.0 Å². The van der Waals surface area contributed by atoms with Gasteiger partial charge in [-0.1, -0.05) is 12.1 Å². The van der Waals surface area contributed by atoms with E-state index in [1.54, 1.807) is 18.3 Å². The molecule has 5 heteroatoms. The zero-order valence-corrected chi connectivity index (χ0v) is 10.4. The van der Waals surface area contributed by atoms with Crippen molar-refractivity contribution in [1.29, 1.82) is 0 Å². The summed E-state index contributed by atoms with van der Waals surface area (Å²) in [5, 5.41) is 12.6. The minimum absolute atomic E-state index is 0.286. The molecule has 0 atom stereocenters. The molecule has 1 aromatic heterocycles. The van der Waals surface area contributed by atoms with Crippen LogP contribution in [0, 0.1) is 5.82 Å². The first-order chi connectivity index (χ1) is 9.65. The Hall–Kier alpha value is -2.82. The van der Waals surface area contributed by atoms with Crippen molar-refractivity contribution in [2.24, 2.45) is 0 Å². The number of aromatic amines is 1. The third kappa shape index (κ3) is 2.09. The number of para-hydroxylation sites is 1. The minimum Gasteiger partial charge on any atom is -0.505 e. The highest BCUT2D eigenvalue weighted by atomic mass is 19.1. The molecule has 20 heavy (non-hydrogen) atoms. The molecule has 3 rings (SSSR count). The van der Waals surface area contributed by atoms with Crippen LogP contribution in [0.3, 0.4) is 0 Å². The number of benzene rings is 2. The molecule has 100 valence electrons. The van der Waals surface area contributed by atoms with Crippen LogP contribution in [0.1, 0.15) is 10.4 Å². The number of rotatable bonds is 2. The summed E-state index contributed by atoms with van der Waals surface area (Å²) in [5.74, 6) is -1.57. The number of phenolic OH excluding ortho intramolecular Hbond substituents is 1. The molecule has 0 saturated heterocycles. The van der Waals surface area contributed by atoms with E-state index >= 15 is 0 Å². The summed E-state index contributed by atoms with van der Waals surface area (Å²) < 4.78 is 13.2. The number of aromatic nitrogens is 1. The molecular formula is C15H11FN2O2. The molecule has 1 heterocycles. The summed E-state index contributed by atoms with van der Waals surface area (Å²) in [6, 6.07) is 10.9. The molecule has 0 bridgehead atoms. The fourth-order valence-corrected chi connectivity index (χ4v) is 2.06. The number of H-pyrrole nitrogens is 1. The molecule has 0 unspecified atom stereocenters. The second-order valence-corrected chi connectivity index (χ2v) is 4.37. The summed E-state index contributed by atoms with van der Waals surface area (Å²) in [6.45, 7) is 0.